The molecule has 6 heteroatoms. The molecule has 0 atom stereocenters. The van der Waals surface area contributed by atoms with Crippen LogP contribution >= 0.6 is 10.2 Å². The highest BCUT2D eigenvalue weighted by Crippen LogP contribution is 3.02. The van der Waals surface area contributed by atoms with Crippen molar-refractivity contribution in [2.24, 2.45) is 0 Å². The molecule has 0 aromatic heterocycles. The molecule has 0 spiro atoms. The van der Waals surface area contributed by atoms with Crippen LogP contribution in [0.4, 0.5) is 19.4 Å². The van der Waals surface area contributed by atoms with Gasteiger partial charge in [0.25, 0.3) is 0 Å². The van der Waals surface area contributed by atoms with Crippen molar-refractivity contribution in [3.05, 3.63) is 54.6 Å². The summed E-state index contributed by atoms with van der Waals surface area (Å²) in [7, 11) is -9.60. The Labute approximate surface area is 101 Å². The van der Waals surface area contributed by atoms with Crippen molar-refractivity contribution in [1.29, 1.82) is 0 Å². The maximum atomic E-state index is 12.6. The Morgan fingerprint density at radius 3 is 1.72 bits per heavy atom. The van der Waals surface area contributed by atoms with Gasteiger partial charge in [0.05, 0.1) is 0 Å². The van der Waals surface area contributed by atoms with Crippen molar-refractivity contribution in [2.75, 3.05) is 0 Å². The quantitative estimate of drug-likeness (QED) is 0.591. The number of halogens is 5. The van der Waals surface area contributed by atoms with Crippen LogP contribution in [0, 0.1) is 0 Å². The highest BCUT2D eigenvalue weighted by Gasteiger charge is 2.65. The molecule has 2 rings (SSSR count). The van der Waals surface area contributed by atoms with Crippen LogP contribution < -0.4 is 0 Å². The minimum absolute atomic E-state index is 0.112. The van der Waals surface area contributed by atoms with Gasteiger partial charge in [-0.15, -0.1) is 0 Å². The zero-order chi connectivity index (χ0) is 13.5. The smallest absolute Gasteiger partial charge is 0.0936 e. The van der Waals surface area contributed by atoms with Gasteiger partial charge in [-0.2, -0.15) is 0 Å². The van der Waals surface area contributed by atoms with Gasteiger partial charge in [-0.05, 0) is 23.3 Å². The van der Waals surface area contributed by atoms with E-state index in [0.717, 1.165) is 6.07 Å². The fourth-order valence-electron chi connectivity index (χ4n) is 1.55. The summed E-state index contributed by atoms with van der Waals surface area (Å²) in [6.07, 6.45) is 0. The molecule has 0 nitrogen and oxygen atoms in total. The van der Waals surface area contributed by atoms with E-state index in [1.54, 1.807) is 30.3 Å². The molecular weight excluding hydrogens is 271 g/mol. The molecule has 0 heterocycles. The first-order valence-electron chi connectivity index (χ1n) is 4.96. The predicted octanol–water partition coefficient (Wildman–Crippen LogP) is 6.01. The minimum Gasteiger partial charge on any atom is -0.0936 e. The molecule has 2 aromatic carbocycles. The van der Waals surface area contributed by atoms with Gasteiger partial charge in [0.15, 0.2) is 0 Å². The molecule has 0 aliphatic carbocycles. The van der Waals surface area contributed by atoms with Crippen molar-refractivity contribution in [3.63, 3.8) is 0 Å². The van der Waals surface area contributed by atoms with Crippen LogP contribution in [0.15, 0.2) is 59.5 Å². The van der Waals surface area contributed by atoms with Crippen LogP contribution in [0.3, 0.4) is 0 Å². The molecule has 18 heavy (non-hydrogen) atoms. The lowest BCUT2D eigenvalue weighted by molar-refractivity contribution is 0.364. The van der Waals surface area contributed by atoms with E-state index in [-0.39, 0.29) is 5.56 Å². The van der Waals surface area contributed by atoms with Crippen LogP contribution in [-0.4, -0.2) is 0 Å². The van der Waals surface area contributed by atoms with Crippen molar-refractivity contribution in [1.82, 2.24) is 0 Å². The fourth-order valence-corrected chi connectivity index (χ4v) is 2.23. The Bertz CT molecular complexity index is 574. The molecule has 0 bridgehead atoms. The van der Waals surface area contributed by atoms with Crippen molar-refractivity contribution in [3.8, 4) is 11.1 Å². The average molecular weight is 280 g/mol. The zero-order valence-corrected chi connectivity index (χ0v) is 9.81. The van der Waals surface area contributed by atoms with Crippen molar-refractivity contribution < 1.29 is 19.4 Å². The van der Waals surface area contributed by atoms with E-state index in [1.165, 1.54) is 6.07 Å². The van der Waals surface area contributed by atoms with E-state index in [9.17, 15) is 19.4 Å². The van der Waals surface area contributed by atoms with Gasteiger partial charge in [0, 0.05) is 0 Å². The summed E-state index contributed by atoms with van der Waals surface area (Å²) < 4.78 is 63.2. The molecule has 0 unspecified atom stereocenters. The van der Waals surface area contributed by atoms with E-state index >= 15 is 0 Å². The second-order valence-electron chi connectivity index (χ2n) is 3.86. The predicted molar refractivity (Wildman–Crippen MR) is 63.3 cm³/mol. The van der Waals surface area contributed by atoms with Crippen LogP contribution in [0.1, 0.15) is 0 Å². The van der Waals surface area contributed by atoms with Gasteiger partial charge in [0.2, 0.25) is 0 Å². The number of benzene rings is 2. The SMILES string of the molecule is FS(F)(F)(F)(F)c1cccc(-c2ccccc2)c1. The highest BCUT2D eigenvalue weighted by molar-refractivity contribution is 8.45. The minimum atomic E-state index is -9.60. The van der Waals surface area contributed by atoms with Gasteiger partial charge in [-0.3, -0.25) is 0 Å². The maximum Gasteiger partial charge on any atom is 0.310 e. The van der Waals surface area contributed by atoms with Crippen LogP contribution in [0.2, 0.25) is 0 Å². The number of rotatable bonds is 2. The second kappa shape index (κ2) is 3.26. The third-order valence-corrected chi connectivity index (χ3v) is 3.53. The first-order chi connectivity index (χ1) is 8.06. The van der Waals surface area contributed by atoms with Crippen LogP contribution in [-0.2, 0) is 0 Å². The average Bonchev–Trinajstić information content (AvgIpc) is 2.28. The molecule has 0 fully saturated rings. The summed E-state index contributed by atoms with van der Waals surface area (Å²) >= 11 is 0. The summed E-state index contributed by atoms with van der Waals surface area (Å²) in [5.74, 6) is 0. The Hall–Kier alpha value is -1.56. The lowest BCUT2D eigenvalue weighted by Gasteiger charge is -2.40. The summed E-state index contributed by atoms with van der Waals surface area (Å²) in [6, 6.07) is 11.3. The van der Waals surface area contributed by atoms with E-state index < -0.39 is 15.1 Å². The maximum absolute atomic E-state index is 12.6. The molecule has 0 aliphatic heterocycles. The Kier molecular flexibility index (Phi) is 2.33. The summed E-state index contributed by atoms with van der Waals surface area (Å²) in [5.41, 5.74) is 0.572. The molecule has 0 amide bonds. The standard InChI is InChI=1S/C12H9F5S/c13-18(14,15,16,17)12-8-4-7-11(9-12)10-5-2-1-3-6-10/h1-9H. The Morgan fingerprint density at radius 1 is 0.611 bits per heavy atom. The van der Waals surface area contributed by atoms with Gasteiger partial charge < -0.3 is 0 Å². The first-order valence-corrected chi connectivity index (χ1v) is 6.91. The van der Waals surface area contributed by atoms with Crippen LogP contribution in [0.5, 0.6) is 0 Å². The van der Waals surface area contributed by atoms with Gasteiger partial charge in [-0.1, -0.05) is 61.9 Å². The van der Waals surface area contributed by atoms with E-state index in [4.69, 9.17) is 0 Å². The Balaban J connectivity index is 2.58. The third-order valence-electron chi connectivity index (χ3n) is 2.39. The summed E-state index contributed by atoms with van der Waals surface area (Å²) in [5, 5.41) is 0. The fraction of sp³-hybridized carbons (Fsp3) is 0. The Morgan fingerprint density at radius 2 is 1.17 bits per heavy atom. The molecule has 0 N–H and O–H groups in total. The van der Waals surface area contributed by atoms with Crippen LogP contribution in [0.25, 0.3) is 11.1 Å². The molecule has 98 valence electrons. The number of hydrogen-bond donors (Lipinski definition) is 0. The third kappa shape index (κ3) is 2.81. The monoisotopic (exact) mass is 280 g/mol. The van der Waals surface area contributed by atoms with E-state index in [2.05, 4.69) is 0 Å². The van der Waals surface area contributed by atoms with Crippen molar-refractivity contribution >= 4 is 10.2 Å². The first kappa shape index (κ1) is 12.9. The highest BCUT2D eigenvalue weighted by atomic mass is 32.5. The topological polar surface area (TPSA) is 0 Å². The van der Waals surface area contributed by atoms with E-state index in [0.29, 0.717) is 17.7 Å². The van der Waals surface area contributed by atoms with Gasteiger partial charge in [-0.25, -0.2) is 0 Å². The summed E-state index contributed by atoms with van der Waals surface area (Å²) in [6.45, 7) is 0. The lowest BCUT2D eigenvalue weighted by atomic mass is 10.1. The second-order valence-corrected chi connectivity index (χ2v) is 6.27. The molecular formula is C12H9F5S. The molecule has 0 radical (unpaired) electrons. The van der Waals surface area contributed by atoms with E-state index in [1.807, 2.05) is 0 Å². The zero-order valence-electron chi connectivity index (χ0n) is 8.99. The van der Waals surface area contributed by atoms with Gasteiger partial charge >= 0.3 is 10.2 Å². The normalized spacial score (nSPS) is 15.8. The molecule has 0 aliphatic rings. The summed E-state index contributed by atoms with van der Waals surface area (Å²) in [4.78, 5) is -1.86. The van der Waals surface area contributed by atoms with Crippen molar-refractivity contribution in [2.45, 2.75) is 4.90 Å². The lowest BCUT2D eigenvalue weighted by Crippen LogP contribution is -2.05. The largest absolute Gasteiger partial charge is 0.310 e. The van der Waals surface area contributed by atoms with Gasteiger partial charge in [0.1, 0.15) is 4.90 Å². The molecule has 0 saturated heterocycles. The number of hydrogen-bond acceptors (Lipinski definition) is 0. The molecule has 2 aromatic rings. The molecule has 0 saturated carbocycles.